The molecular weight excluding hydrogens is 445 g/mol. The molecule has 0 unspecified atom stereocenters. The molecule has 0 amide bonds. The second-order valence-electron chi connectivity index (χ2n) is 9.04. The molecule has 4 rings (SSSR count). The Morgan fingerprint density at radius 1 is 0.857 bits per heavy atom. The van der Waals surface area contributed by atoms with E-state index in [1.54, 1.807) is 48.6 Å². The quantitative estimate of drug-likeness (QED) is 0.244. The third kappa shape index (κ3) is 5.87. The molecule has 0 heterocycles. The van der Waals surface area contributed by atoms with Gasteiger partial charge in [-0.3, -0.25) is 0 Å². The van der Waals surface area contributed by atoms with Crippen LogP contribution in [0.15, 0.2) is 66.7 Å². The SMILES string of the molecule is CC=CC1CCC(c2ccc(-c3ccc(C=Cc4ccc(OCC)cc4F)cc3)c(F)c2F)CC1. The summed E-state index contributed by atoms with van der Waals surface area (Å²) in [4.78, 5) is 0. The molecule has 182 valence electrons. The minimum Gasteiger partial charge on any atom is -0.494 e. The van der Waals surface area contributed by atoms with Crippen molar-refractivity contribution in [2.24, 2.45) is 5.92 Å². The summed E-state index contributed by atoms with van der Waals surface area (Å²) in [6, 6.07) is 15.3. The summed E-state index contributed by atoms with van der Waals surface area (Å²) in [6.45, 7) is 4.34. The van der Waals surface area contributed by atoms with E-state index >= 15 is 8.78 Å². The second kappa shape index (κ2) is 11.4. The Morgan fingerprint density at radius 2 is 1.60 bits per heavy atom. The zero-order valence-corrected chi connectivity index (χ0v) is 20.2. The van der Waals surface area contributed by atoms with E-state index in [1.807, 2.05) is 26.0 Å². The van der Waals surface area contributed by atoms with Crippen LogP contribution in [0.1, 0.15) is 62.1 Å². The Hall–Kier alpha value is -3.27. The minimum absolute atomic E-state index is 0.0653. The highest BCUT2D eigenvalue weighted by Gasteiger charge is 2.25. The zero-order valence-electron chi connectivity index (χ0n) is 20.2. The van der Waals surface area contributed by atoms with Crippen molar-refractivity contribution in [3.05, 3.63) is 101 Å². The smallest absolute Gasteiger partial charge is 0.166 e. The van der Waals surface area contributed by atoms with Gasteiger partial charge >= 0.3 is 0 Å². The van der Waals surface area contributed by atoms with Gasteiger partial charge in [0.05, 0.1) is 6.61 Å². The summed E-state index contributed by atoms with van der Waals surface area (Å²) in [6.07, 6.45) is 11.5. The largest absolute Gasteiger partial charge is 0.494 e. The molecule has 1 nitrogen and oxygen atoms in total. The van der Waals surface area contributed by atoms with Gasteiger partial charge in [0.2, 0.25) is 0 Å². The average molecular weight is 477 g/mol. The van der Waals surface area contributed by atoms with Crippen molar-refractivity contribution in [2.45, 2.75) is 45.4 Å². The van der Waals surface area contributed by atoms with Crippen molar-refractivity contribution in [1.82, 2.24) is 0 Å². The zero-order chi connectivity index (χ0) is 24.8. The summed E-state index contributed by atoms with van der Waals surface area (Å²) in [7, 11) is 0. The van der Waals surface area contributed by atoms with Crippen LogP contribution >= 0.6 is 0 Å². The predicted molar refractivity (Wildman–Crippen MR) is 138 cm³/mol. The molecule has 3 aromatic rings. The number of halogens is 3. The summed E-state index contributed by atoms with van der Waals surface area (Å²) in [5.74, 6) is -0.785. The Bertz CT molecular complexity index is 1200. The Kier molecular flexibility index (Phi) is 8.12. The van der Waals surface area contributed by atoms with E-state index in [-0.39, 0.29) is 17.3 Å². The highest BCUT2D eigenvalue weighted by Crippen LogP contribution is 2.39. The lowest BCUT2D eigenvalue weighted by atomic mass is 9.78. The lowest BCUT2D eigenvalue weighted by Crippen LogP contribution is -2.13. The molecule has 0 spiro atoms. The highest BCUT2D eigenvalue weighted by atomic mass is 19.2. The maximum absolute atomic E-state index is 15.1. The molecule has 4 heteroatoms. The van der Waals surface area contributed by atoms with E-state index in [0.717, 1.165) is 31.2 Å². The molecule has 0 aliphatic heterocycles. The van der Waals surface area contributed by atoms with Crippen LogP contribution in [0.25, 0.3) is 23.3 Å². The topological polar surface area (TPSA) is 9.23 Å². The Morgan fingerprint density at radius 3 is 2.26 bits per heavy atom. The molecule has 0 atom stereocenters. The summed E-state index contributed by atoms with van der Waals surface area (Å²) < 4.78 is 49.6. The third-order valence-electron chi connectivity index (χ3n) is 6.75. The maximum Gasteiger partial charge on any atom is 0.166 e. The van der Waals surface area contributed by atoms with Gasteiger partial charge in [-0.2, -0.15) is 0 Å². The van der Waals surface area contributed by atoms with Gasteiger partial charge in [-0.05, 0) is 80.2 Å². The number of benzene rings is 3. The Balaban J connectivity index is 1.47. The van der Waals surface area contributed by atoms with E-state index in [0.29, 0.717) is 35.0 Å². The summed E-state index contributed by atoms with van der Waals surface area (Å²) in [5.41, 5.74) is 2.62. The van der Waals surface area contributed by atoms with E-state index in [4.69, 9.17) is 4.74 Å². The Labute approximate surface area is 206 Å². The second-order valence-corrected chi connectivity index (χ2v) is 9.04. The normalized spacial score (nSPS) is 18.4. The number of ether oxygens (including phenoxy) is 1. The molecule has 0 saturated heterocycles. The number of hydrogen-bond donors (Lipinski definition) is 0. The molecule has 0 bridgehead atoms. The first-order chi connectivity index (χ1) is 17.0. The van der Waals surface area contributed by atoms with Crippen LogP contribution in [-0.4, -0.2) is 6.61 Å². The molecule has 1 aliphatic carbocycles. The van der Waals surface area contributed by atoms with Crippen LogP contribution < -0.4 is 4.74 Å². The highest BCUT2D eigenvalue weighted by molar-refractivity contribution is 5.73. The van der Waals surface area contributed by atoms with Gasteiger partial charge in [0.1, 0.15) is 11.6 Å². The average Bonchev–Trinajstić information content (AvgIpc) is 2.87. The van der Waals surface area contributed by atoms with Gasteiger partial charge in [0.25, 0.3) is 0 Å². The fourth-order valence-electron chi connectivity index (χ4n) is 4.86. The third-order valence-corrected chi connectivity index (χ3v) is 6.75. The molecule has 0 radical (unpaired) electrons. The first-order valence-corrected chi connectivity index (χ1v) is 12.3. The number of rotatable bonds is 7. The first-order valence-electron chi connectivity index (χ1n) is 12.3. The maximum atomic E-state index is 15.1. The molecule has 0 N–H and O–H groups in total. The van der Waals surface area contributed by atoms with Gasteiger partial charge < -0.3 is 4.74 Å². The molecule has 1 saturated carbocycles. The number of hydrogen-bond acceptors (Lipinski definition) is 1. The number of allylic oxidation sites excluding steroid dienone is 2. The van der Waals surface area contributed by atoms with Crippen molar-refractivity contribution in [2.75, 3.05) is 6.61 Å². The molecule has 0 aromatic heterocycles. The lowest BCUT2D eigenvalue weighted by Gasteiger charge is -2.27. The van der Waals surface area contributed by atoms with Gasteiger partial charge in [0.15, 0.2) is 11.6 Å². The van der Waals surface area contributed by atoms with Gasteiger partial charge in [-0.15, -0.1) is 0 Å². The molecule has 1 aliphatic rings. The fourth-order valence-corrected chi connectivity index (χ4v) is 4.86. The van der Waals surface area contributed by atoms with Gasteiger partial charge in [-0.1, -0.05) is 60.7 Å². The van der Waals surface area contributed by atoms with Crippen LogP contribution in [0.5, 0.6) is 5.75 Å². The van der Waals surface area contributed by atoms with Crippen LogP contribution in [0.3, 0.4) is 0 Å². The van der Waals surface area contributed by atoms with E-state index in [9.17, 15) is 4.39 Å². The van der Waals surface area contributed by atoms with Gasteiger partial charge in [-0.25, -0.2) is 13.2 Å². The van der Waals surface area contributed by atoms with E-state index < -0.39 is 11.6 Å². The molecular formula is C31H31F3O. The van der Waals surface area contributed by atoms with Gasteiger partial charge in [0, 0.05) is 17.2 Å². The fraction of sp³-hybridized carbons (Fsp3) is 0.290. The van der Waals surface area contributed by atoms with E-state index in [2.05, 4.69) is 12.2 Å². The minimum atomic E-state index is -0.794. The van der Waals surface area contributed by atoms with Crippen molar-refractivity contribution in [3.8, 4) is 16.9 Å². The van der Waals surface area contributed by atoms with Crippen LogP contribution in [0.2, 0.25) is 0 Å². The molecule has 35 heavy (non-hydrogen) atoms. The van der Waals surface area contributed by atoms with Crippen LogP contribution in [0, 0.1) is 23.4 Å². The summed E-state index contributed by atoms with van der Waals surface area (Å²) in [5, 5.41) is 0. The van der Waals surface area contributed by atoms with Crippen molar-refractivity contribution < 1.29 is 17.9 Å². The van der Waals surface area contributed by atoms with Crippen molar-refractivity contribution >= 4 is 12.2 Å². The van der Waals surface area contributed by atoms with Crippen molar-refractivity contribution in [3.63, 3.8) is 0 Å². The molecule has 3 aromatic carbocycles. The summed E-state index contributed by atoms with van der Waals surface area (Å²) >= 11 is 0. The predicted octanol–water partition coefficient (Wildman–Crippen LogP) is 9.19. The lowest BCUT2D eigenvalue weighted by molar-refractivity contribution is 0.338. The molecule has 1 fully saturated rings. The standard InChI is InChI=1S/C31H31F3O/c1-3-5-21-6-11-23(12-7-21)27-18-19-28(31(34)30(27)33)24-13-8-22(9-14-24)10-15-25-16-17-26(35-4-2)20-29(25)32/h3,5,8-10,13-21,23H,4,6-7,11-12H2,1-2H3. The van der Waals surface area contributed by atoms with Crippen LogP contribution in [0.4, 0.5) is 13.2 Å². The van der Waals surface area contributed by atoms with E-state index in [1.165, 1.54) is 6.07 Å². The van der Waals surface area contributed by atoms with Crippen LogP contribution in [-0.2, 0) is 0 Å². The monoisotopic (exact) mass is 476 g/mol. The van der Waals surface area contributed by atoms with Crippen molar-refractivity contribution in [1.29, 1.82) is 0 Å². The first kappa shape index (κ1) is 24.8.